The summed E-state index contributed by atoms with van der Waals surface area (Å²) in [6, 6.07) is 2.85. The Kier molecular flexibility index (Phi) is 1.19. The molecule has 2 fully saturated rings. The van der Waals surface area contributed by atoms with Crippen LogP contribution in [0.3, 0.4) is 0 Å². The van der Waals surface area contributed by atoms with E-state index in [2.05, 4.69) is 11.4 Å². The molecule has 0 amide bonds. The number of rotatable bonds is 2. The molecule has 0 unspecified atom stereocenters. The summed E-state index contributed by atoms with van der Waals surface area (Å²) in [6.45, 7) is 1.14. The van der Waals surface area contributed by atoms with E-state index in [0.717, 1.165) is 0 Å². The zero-order chi connectivity index (χ0) is 7.03. The molecule has 2 aliphatic rings. The summed E-state index contributed by atoms with van der Waals surface area (Å²) < 4.78 is 4.97. The molecule has 0 spiro atoms. The maximum absolute atomic E-state index is 8.72. The first-order valence-electron chi connectivity index (χ1n) is 3.61. The third-order valence-corrected chi connectivity index (χ3v) is 1.97. The van der Waals surface area contributed by atoms with Gasteiger partial charge in [0.05, 0.1) is 19.3 Å². The van der Waals surface area contributed by atoms with Crippen molar-refractivity contribution in [2.24, 2.45) is 0 Å². The quantitative estimate of drug-likeness (QED) is 0.585. The summed E-state index contributed by atoms with van der Waals surface area (Å²) in [6.07, 6.45) is 2.45. The van der Waals surface area contributed by atoms with Crippen LogP contribution in [0.5, 0.6) is 0 Å². The Morgan fingerprint density at radius 3 is 2.50 bits per heavy atom. The predicted molar refractivity (Wildman–Crippen MR) is 35.3 cm³/mol. The van der Waals surface area contributed by atoms with E-state index >= 15 is 0 Å². The fourth-order valence-corrected chi connectivity index (χ4v) is 1.10. The van der Waals surface area contributed by atoms with Gasteiger partial charge in [-0.15, -0.1) is 0 Å². The fourth-order valence-electron chi connectivity index (χ4n) is 1.10. The molecule has 1 aliphatic heterocycles. The van der Waals surface area contributed by atoms with Crippen molar-refractivity contribution in [1.82, 2.24) is 5.32 Å². The van der Waals surface area contributed by atoms with Gasteiger partial charge in [0.25, 0.3) is 0 Å². The van der Waals surface area contributed by atoms with Crippen LogP contribution in [0.1, 0.15) is 12.8 Å². The molecule has 1 aliphatic carbocycles. The highest BCUT2D eigenvalue weighted by atomic mass is 16.5. The average Bonchev–Trinajstić information content (AvgIpc) is 2.62. The van der Waals surface area contributed by atoms with E-state index in [1.807, 2.05) is 0 Å². The van der Waals surface area contributed by atoms with Gasteiger partial charge in [0, 0.05) is 6.04 Å². The molecule has 3 nitrogen and oxygen atoms in total. The first-order chi connectivity index (χ1) is 4.85. The van der Waals surface area contributed by atoms with Crippen LogP contribution in [0.2, 0.25) is 0 Å². The van der Waals surface area contributed by atoms with E-state index in [-0.39, 0.29) is 5.54 Å². The number of ether oxygens (including phenoxy) is 1. The summed E-state index contributed by atoms with van der Waals surface area (Å²) in [4.78, 5) is 0. The molecule has 1 N–H and O–H groups in total. The van der Waals surface area contributed by atoms with E-state index in [1.165, 1.54) is 12.8 Å². The zero-order valence-corrected chi connectivity index (χ0v) is 5.76. The van der Waals surface area contributed by atoms with Crippen LogP contribution in [0.25, 0.3) is 0 Å². The molecule has 0 radical (unpaired) electrons. The number of nitrogens with one attached hydrogen (secondary N) is 1. The molecule has 1 saturated heterocycles. The van der Waals surface area contributed by atoms with E-state index in [9.17, 15) is 0 Å². The molecule has 0 aromatic rings. The minimum atomic E-state index is -0.318. The van der Waals surface area contributed by atoms with Crippen molar-refractivity contribution in [3.05, 3.63) is 0 Å². The van der Waals surface area contributed by atoms with Gasteiger partial charge >= 0.3 is 0 Å². The molecule has 1 heterocycles. The van der Waals surface area contributed by atoms with Gasteiger partial charge in [-0.3, -0.25) is 5.32 Å². The molecule has 3 heteroatoms. The van der Waals surface area contributed by atoms with Gasteiger partial charge in [-0.25, -0.2) is 0 Å². The summed E-state index contributed by atoms with van der Waals surface area (Å²) in [5, 5.41) is 12.0. The zero-order valence-electron chi connectivity index (χ0n) is 5.76. The minimum absolute atomic E-state index is 0.318. The molecular formula is C7H10N2O. The van der Waals surface area contributed by atoms with Gasteiger partial charge in [0.1, 0.15) is 0 Å². The van der Waals surface area contributed by atoms with Crippen molar-refractivity contribution in [2.45, 2.75) is 24.4 Å². The van der Waals surface area contributed by atoms with E-state index < -0.39 is 0 Å². The molecule has 0 bridgehead atoms. The van der Waals surface area contributed by atoms with Crippen LogP contribution in [-0.4, -0.2) is 24.8 Å². The number of hydrogen-bond donors (Lipinski definition) is 1. The summed E-state index contributed by atoms with van der Waals surface area (Å²) >= 11 is 0. The van der Waals surface area contributed by atoms with Crippen LogP contribution in [0, 0.1) is 11.3 Å². The van der Waals surface area contributed by atoms with Gasteiger partial charge < -0.3 is 4.74 Å². The molecule has 0 aromatic carbocycles. The highest BCUT2D eigenvalue weighted by molar-refractivity contribution is 5.14. The van der Waals surface area contributed by atoms with Crippen molar-refractivity contribution in [3.63, 3.8) is 0 Å². The van der Waals surface area contributed by atoms with Crippen molar-refractivity contribution in [1.29, 1.82) is 5.26 Å². The number of nitrogens with zero attached hydrogens (tertiary/aromatic N) is 1. The third-order valence-electron chi connectivity index (χ3n) is 1.97. The monoisotopic (exact) mass is 138 g/mol. The lowest BCUT2D eigenvalue weighted by atomic mass is 10.00. The summed E-state index contributed by atoms with van der Waals surface area (Å²) in [5.41, 5.74) is -0.318. The Morgan fingerprint density at radius 2 is 2.20 bits per heavy atom. The van der Waals surface area contributed by atoms with Crippen LogP contribution < -0.4 is 5.32 Å². The van der Waals surface area contributed by atoms with Gasteiger partial charge in [0.2, 0.25) is 0 Å². The van der Waals surface area contributed by atoms with Crippen LogP contribution in [0.15, 0.2) is 0 Å². The standard InChI is InChI=1S/C7H10N2O/c8-3-7(4-10-5-7)9-6-1-2-6/h6,9H,1-2,4-5H2. The van der Waals surface area contributed by atoms with Gasteiger partial charge in [-0.05, 0) is 12.8 Å². The molecule has 0 atom stereocenters. The Hall–Kier alpha value is -0.590. The third kappa shape index (κ3) is 0.898. The fraction of sp³-hybridized carbons (Fsp3) is 0.857. The molecule has 2 rings (SSSR count). The van der Waals surface area contributed by atoms with Crippen molar-refractivity contribution in [2.75, 3.05) is 13.2 Å². The lowest BCUT2D eigenvalue weighted by molar-refractivity contribution is -0.0444. The smallest absolute Gasteiger partial charge is 0.153 e. The van der Waals surface area contributed by atoms with Crippen LogP contribution >= 0.6 is 0 Å². The normalized spacial score (nSPS) is 28.7. The average molecular weight is 138 g/mol. The molecule has 54 valence electrons. The SMILES string of the molecule is N#CC1(NC2CC2)COC1. The second-order valence-corrected chi connectivity index (χ2v) is 3.11. The predicted octanol–water partition coefficient (Wildman–Crippen LogP) is 0.0310. The summed E-state index contributed by atoms with van der Waals surface area (Å²) in [7, 11) is 0. The molecular weight excluding hydrogens is 128 g/mol. The second-order valence-electron chi connectivity index (χ2n) is 3.11. The minimum Gasteiger partial charge on any atom is -0.375 e. The maximum atomic E-state index is 8.72. The van der Waals surface area contributed by atoms with Crippen molar-refractivity contribution in [3.8, 4) is 6.07 Å². The van der Waals surface area contributed by atoms with Gasteiger partial charge in [0.15, 0.2) is 5.54 Å². The van der Waals surface area contributed by atoms with E-state index in [4.69, 9.17) is 10.00 Å². The lowest BCUT2D eigenvalue weighted by Crippen LogP contribution is -2.60. The lowest BCUT2D eigenvalue weighted by Gasteiger charge is -2.35. The maximum Gasteiger partial charge on any atom is 0.153 e. The van der Waals surface area contributed by atoms with Gasteiger partial charge in [-0.2, -0.15) is 5.26 Å². The van der Waals surface area contributed by atoms with E-state index in [1.54, 1.807) is 0 Å². The molecule has 0 aromatic heterocycles. The van der Waals surface area contributed by atoms with Crippen LogP contribution in [-0.2, 0) is 4.74 Å². The summed E-state index contributed by atoms with van der Waals surface area (Å²) in [5.74, 6) is 0. The number of nitriles is 1. The van der Waals surface area contributed by atoms with Gasteiger partial charge in [-0.1, -0.05) is 0 Å². The molecule has 10 heavy (non-hydrogen) atoms. The largest absolute Gasteiger partial charge is 0.375 e. The van der Waals surface area contributed by atoms with E-state index in [0.29, 0.717) is 19.3 Å². The highest BCUT2D eigenvalue weighted by Gasteiger charge is 2.42. The second kappa shape index (κ2) is 1.94. The Balaban J connectivity index is 1.92. The first kappa shape index (κ1) is 6.14. The Bertz CT molecular complexity index is 177. The highest BCUT2D eigenvalue weighted by Crippen LogP contribution is 2.25. The van der Waals surface area contributed by atoms with Crippen molar-refractivity contribution < 1.29 is 4.74 Å². The Morgan fingerprint density at radius 1 is 1.50 bits per heavy atom. The Labute approximate surface area is 60.0 Å². The van der Waals surface area contributed by atoms with Crippen molar-refractivity contribution >= 4 is 0 Å². The number of hydrogen-bond acceptors (Lipinski definition) is 3. The molecule has 1 saturated carbocycles. The first-order valence-corrected chi connectivity index (χ1v) is 3.61. The topological polar surface area (TPSA) is 45.0 Å². The van der Waals surface area contributed by atoms with Crippen LogP contribution in [0.4, 0.5) is 0 Å².